The molecule has 15 heavy (non-hydrogen) atoms. The van der Waals surface area contributed by atoms with E-state index in [2.05, 4.69) is 11.4 Å². The zero-order valence-electron chi connectivity index (χ0n) is 8.46. The Balaban J connectivity index is 1.72. The van der Waals surface area contributed by atoms with Gasteiger partial charge < -0.3 is 10.1 Å². The van der Waals surface area contributed by atoms with E-state index in [0.29, 0.717) is 0 Å². The molecule has 4 heteroatoms. The van der Waals surface area contributed by atoms with Gasteiger partial charge in [-0.1, -0.05) is 11.6 Å². The van der Waals surface area contributed by atoms with Crippen LogP contribution in [0.5, 0.6) is 0 Å². The minimum atomic E-state index is 0.209. The summed E-state index contributed by atoms with van der Waals surface area (Å²) in [7, 11) is 0. The van der Waals surface area contributed by atoms with Crippen molar-refractivity contribution in [3.05, 3.63) is 21.3 Å². The standard InChI is InChI=1S/C11H14ClNOS/c12-10-4-3-9(15-10)11(6-14-7-11)5-13-8-1-2-8/h3-4,8,13H,1-2,5-7H2. The van der Waals surface area contributed by atoms with Crippen molar-refractivity contribution in [1.29, 1.82) is 0 Å². The van der Waals surface area contributed by atoms with Crippen molar-refractivity contribution in [3.8, 4) is 0 Å². The van der Waals surface area contributed by atoms with E-state index in [-0.39, 0.29) is 5.41 Å². The molecule has 2 fully saturated rings. The molecule has 1 aromatic heterocycles. The Morgan fingerprint density at radius 1 is 1.47 bits per heavy atom. The highest BCUT2D eigenvalue weighted by atomic mass is 35.5. The van der Waals surface area contributed by atoms with Gasteiger partial charge in [-0.05, 0) is 25.0 Å². The van der Waals surface area contributed by atoms with Crippen LogP contribution in [0.4, 0.5) is 0 Å². The third-order valence-electron chi connectivity index (χ3n) is 3.16. The topological polar surface area (TPSA) is 21.3 Å². The summed E-state index contributed by atoms with van der Waals surface area (Å²) in [6.07, 6.45) is 2.67. The highest BCUT2D eigenvalue weighted by Gasteiger charge is 2.42. The molecule has 1 N–H and O–H groups in total. The largest absolute Gasteiger partial charge is 0.379 e. The van der Waals surface area contributed by atoms with E-state index in [1.807, 2.05) is 6.07 Å². The maximum absolute atomic E-state index is 5.98. The predicted octanol–water partition coefficient (Wildman–Crippen LogP) is 2.42. The Kier molecular flexibility index (Phi) is 2.51. The molecule has 2 aliphatic rings. The van der Waals surface area contributed by atoms with Crippen LogP contribution in [0.25, 0.3) is 0 Å². The number of rotatable bonds is 4. The summed E-state index contributed by atoms with van der Waals surface area (Å²) in [6.45, 7) is 2.71. The summed E-state index contributed by atoms with van der Waals surface area (Å²) in [5.41, 5.74) is 0.209. The fourth-order valence-corrected chi connectivity index (χ4v) is 3.11. The molecule has 2 heterocycles. The summed E-state index contributed by atoms with van der Waals surface area (Å²) < 4.78 is 6.26. The molecular weight excluding hydrogens is 230 g/mol. The van der Waals surface area contributed by atoms with Gasteiger partial charge in [0.05, 0.1) is 23.0 Å². The normalized spacial score (nSPS) is 23.8. The number of hydrogen-bond donors (Lipinski definition) is 1. The molecular formula is C11H14ClNOS. The number of halogens is 1. The van der Waals surface area contributed by atoms with Crippen LogP contribution >= 0.6 is 22.9 Å². The van der Waals surface area contributed by atoms with E-state index < -0.39 is 0 Å². The molecule has 0 amide bonds. The monoisotopic (exact) mass is 243 g/mol. The van der Waals surface area contributed by atoms with Crippen LogP contribution in [-0.2, 0) is 10.2 Å². The second-order valence-electron chi connectivity index (χ2n) is 4.53. The van der Waals surface area contributed by atoms with Crippen molar-refractivity contribution >= 4 is 22.9 Å². The first-order valence-electron chi connectivity index (χ1n) is 5.35. The van der Waals surface area contributed by atoms with Gasteiger partial charge in [0.15, 0.2) is 0 Å². The van der Waals surface area contributed by atoms with Crippen LogP contribution in [0.2, 0.25) is 4.34 Å². The molecule has 1 saturated carbocycles. The fourth-order valence-electron chi connectivity index (χ4n) is 1.91. The van der Waals surface area contributed by atoms with Crippen LogP contribution < -0.4 is 5.32 Å². The highest BCUT2D eigenvalue weighted by Crippen LogP contribution is 2.38. The van der Waals surface area contributed by atoms with Crippen molar-refractivity contribution in [3.63, 3.8) is 0 Å². The van der Waals surface area contributed by atoms with Gasteiger partial charge in [0.25, 0.3) is 0 Å². The molecule has 0 atom stereocenters. The predicted molar refractivity (Wildman–Crippen MR) is 62.9 cm³/mol. The minimum absolute atomic E-state index is 0.209. The van der Waals surface area contributed by atoms with Gasteiger partial charge in [-0.15, -0.1) is 11.3 Å². The molecule has 0 radical (unpaired) electrons. The molecule has 2 nitrogen and oxygen atoms in total. The Hall–Kier alpha value is -0.0900. The summed E-state index contributed by atoms with van der Waals surface area (Å²) in [5, 5.41) is 3.59. The molecule has 3 rings (SSSR count). The van der Waals surface area contributed by atoms with Gasteiger partial charge in [0.2, 0.25) is 0 Å². The highest BCUT2D eigenvalue weighted by molar-refractivity contribution is 7.16. The third kappa shape index (κ3) is 1.94. The maximum atomic E-state index is 5.98. The lowest BCUT2D eigenvalue weighted by atomic mass is 9.84. The lowest BCUT2D eigenvalue weighted by Gasteiger charge is -2.41. The van der Waals surface area contributed by atoms with Crippen molar-refractivity contribution < 1.29 is 4.74 Å². The number of hydrogen-bond acceptors (Lipinski definition) is 3. The van der Waals surface area contributed by atoms with Crippen LogP contribution in [0.3, 0.4) is 0 Å². The molecule has 0 spiro atoms. The molecule has 1 aliphatic carbocycles. The second kappa shape index (κ2) is 3.74. The summed E-state index contributed by atoms with van der Waals surface area (Å²) in [4.78, 5) is 1.37. The zero-order valence-corrected chi connectivity index (χ0v) is 10.0. The summed E-state index contributed by atoms with van der Waals surface area (Å²) in [5.74, 6) is 0. The number of ether oxygens (including phenoxy) is 1. The van der Waals surface area contributed by atoms with E-state index in [9.17, 15) is 0 Å². The molecule has 0 unspecified atom stereocenters. The second-order valence-corrected chi connectivity index (χ2v) is 6.25. The SMILES string of the molecule is Clc1ccc(C2(CNC3CC3)COC2)s1. The number of thiophene rings is 1. The molecule has 1 aromatic rings. The van der Waals surface area contributed by atoms with Gasteiger partial charge >= 0.3 is 0 Å². The third-order valence-corrected chi connectivity index (χ3v) is 4.64. The van der Waals surface area contributed by atoms with Crippen molar-refractivity contribution in [2.24, 2.45) is 0 Å². The maximum Gasteiger partial charge on any atom is 0.0931 e. The zero-order chi connectivity index (χ0) is 10.3. The Labute approximate surface area is 98.6 Å². The summed E-state index contributed by atoms with van der Waals surface area (Å²) in [6, 6.07) is 4.89. The van der Waals surface area contributed by atoms with E-state index in [1.54, 1.807) is 11.3 Å². The average molecular weight is 244 g/mol. The van der Waals surface area contributed by atoms with E-state index in [1.165, 1.54) is 17.7 Å². The quantitative estimate of drug-likeness (QED) is 0.877. The van der Waals surface area contributed by atoms with Crippen LogP contribution in [0.1, 0.15) is 17.7 Å². The van der Waals surface area contributed by atoms with E-state index in [4.69, 9.17) is 16.3 Å². The van der Waals surface area contributed by atoms with Crippen molar-refractivity contribution in [1.82, 2.24) is 5.32 Å². The lowest BCUT2D eigenvalue weighted by Crippen LogP contribution is -2.53. The van der Waals surface area contributed by atoms with Crippen LogP contribution in [0, 0.1) is 0 Å². The van der Waals surface area contributed by atoms with Crippen LogP contribution in [0.15, 0.2) is 12.1 Å². The smallest absolute Gasteiger partial charge is 0.0931 e. The molecule has 0 bridgehead atoms. The van der Waals surface area contributed by atoms with Crippen molar-refractivity contribution in [2.75, 3.05) is 19.8 Å². The Morgan fingerprint density at radius 2 is 2.27 bits per heavy atom. The minimum Gasteiger partial charge on any atom is -0.379 e. The lowest BCUT2D eigenvalue weighted by molar-refractivity contribution is -0.0573. The van der Waals surface area contributed by atoms with Crippen molar-refractivity contribution in [2.45, 2.75) is 24.3 Å². The first-order valence-corrected chi connectivity index (χ1v) is 6.55. The van der Waals surface area contributed by atoms with Gasteiger partial charge in [-0.2, -0.15) is 0 Å². The Bertz CT molecular complexity index is 357. The first kappa shape index (κ1) is 10.1. The molecule has 82 valence electrons. The number of nitrogens with one attached hydrogen (secondary N) is 1. The van der Waals surface area contributed by atoms with Gasteiger partial charge in [-0.25, -0.2) is 0 Å². The Morgan fingerprint density at radius 3 is 2.73 bits per heavy atom. The van der Waals surface area contributed by atoms with Gasteiger partial charge in [0, 0.05) is 17.5 Å². The molecule has 1 aliphatic heterocycles. The van der Waals surface area contributed by atoms with E-state index in [0.717, 1.165) is 30.1 Å². The fraction of sp³-hybridized carbons (Fsp3) is 0.636. The molecule has 1 saturated heterocycles. The summed E-state index contributed by atoms with van der Waals surface area (Å²) >= 11 is 7.67. The van der Waals surface area contributed by atoms with Gasteiger partial charge in [-0.3, -0.25) is 0 Å². The van der Waals surface area contributed by atoms with Crippen LogP contribution in [-0.4, -0.2) is 25.8 Å². The first-order chi connectivity index (χ1) is 7.28. The molecule has 0 aromatic carbocycles. The van der Waals surface area contributed by atoms with E-state index >= 15 is 0 Å². The average Bonchev–Trinajstić information content (AvgIpc) is 2.88. The van der Waals surface area contributed by atoms with Gasteiger partial charge in [0.1, 0.15) is 0 Å².